The van der Waals surface area contributed by atoms with Crippen LogP contribution in [0.3, 0.4) is 0 Å². The molecule has 0 N–H and O–H groups in total. The van der Waals surface area contributed by atoms with E-state index in [1.54, 1.807) is 0 Å². The number of aromatic nitrogens is 1. The summed E-state index contributed by atoms with van der Waals surface area (Å²) in [6, 6.07) is 4.60. The van der Waals surface area contributed by atoms with Crippen molar-refractivity contribution in [2.24, 2.45) is 5.92 Å². The van der Waals surface area contributed by atoms with E-state index < -0.39 is 0 Å². The van der Waals surface area contributed by atoms with Crippen LogP contribution in [-0.4, -0.2) is 53.4 Å². The summed E-state index contributed by atoms with van der Waals surface area (Å²) in [5.74, 6) is 0.794. The van der Waals surface area contributed by atoms with E-state index in [2.05, 4.69) is 34.2 Å². The lowest BCUT2D eigenvalue weighted by atomic mass is 10.00. The van der Waals surface area contributed by atoms with Gasteiger partial charge in [-0.2, -0.15) is 0 Å². The number of piperidine rings is 1. The van der Waals surface area contributed by atoms with Gasteiger partial charge >= 0.3 is 0 Å². The second-order valence-electron chi connectivity index (χ2n) is 7.15. The van der Waals surface area contributed by atoms with Crippen LogP contribution in [0.4, 0.5) is 0 Å². The van der Waals surface area contributed by atoms with Crippen LogP contribution in [0.2, 0.25) is 0 Å². The molecular weight excluding hydrogens is 298 g/mol. The highest BCUT2D eigenvalue weighted by molar-refractivity contribution is 5.76. The lowest BCUT2D eigenvalue weighted by Crippen LogP contribution is -2.46. The van der Waals surface area contributed by atoms with Crippen molar-refractivity contribution < 1.29 is 4.79 Å². The van der Waals surface area contributed by atoms with Crippen LogP contribution in [0.5, 0.6) is 0 Å². The summed E-state index contributed by atoms with van der Waals surface area (Å²) in [6.07, 6.45) is 14.4. The predicted octanol–water partition coefficient (Wildman–Crippen LogP) is 2.90. The molecule has 1 atom stereocenters. The van der Waals surface area contributed by atoms with Crippen LogP contribution >= 0.6 is 0 Å². The number of hydrogen-bond donors (Lipinski definition) is 0. The van der Waals surface area contributed by atoms with E-state index in [1.165, 1.54) is 5.56 Å². The fraction of sp³-hybridized carbons (Fsp3) is 0.600. The van der Waals surface area contributed by atoms with Gasteiger partial charge in [0.15, 0.2) is 0 Å². The van der Waals surface area contributed by atoms with Crippen LogP contribution in [0.25, 0.3) is 0 Å². The maximum atomic E-state index is 12.5. The van der Waals surface area contributed by atoms with E-state index in [4.69, 9.17) is 0 Å². The van der Waals surface area contributed by atoms with E-state index in [0.29, 0.717) is 24.3 Å². The SMILES string of the molecule is CN(C(=O)C[C@@H]1C=CCC1)C1CCN(CCc2ccncc2)CC1. The first-order valence-corrected chi connectivity index (χ1v) is 9.26. The minimum Gasteiger partial charge on any atom is -0.343 e. The zero-order valence-corrected chi connectivity index (χ0v) is 14.7. The van der Waals surface area contributed by atoms with Crippen LogP contribution in [0, 0.1) is 5.92 Å². The Morgan fingerprint density at radius 2 is 2.00 bits per heavy atom. The van der Waals surface area contributed by atoms with Crippen molar-refractivity contribution in [3.63, 3.8) is 0 Å². The first kappa shape index (κ1) is 17.2. The minimum atomic E-state index is 0.321. The Labute approximate surface area is 145 Å². The van der Waals surface area contributed by atoms with Crippen molar-refractivity contribution in [3.8, 4) is 0 Å². The second kappa shape index (κ2) is 8.43. The zero-order chi connectivity index (χ0) is 16.8. The molecule has 1 aromatic rings. The van der Waals surface area contributed by atoms with Gasteiger partial charge in [-0.1, -0.05) is 12.2 Å². The Morgan fingerprint density at radius 3 is 2.67 bits per heavy atom. The second-order valence-corrected chi connectivity index (χ2v) is 7.15. The molecule has 0 radical (unpaired) electrons. The largest absolute Gasteiger partial charge is 0.343 e. The Kier molecular flexibility index (Phi) is 6.02. The molecule has 1 amide bonds. The molecule has 1 fully saturated rings. The van der Waals surface area contributed by atoms with E-state index >= 15 is 0 Å². The molecule has 4 heteroatoms. The average Bonchev–Trinajstić information content (AvgIpc) is 3.13. The van der Waals surface area contributed by atoms with Gasteiger partial charge in [-0.05, 0) is 55.7 Å². The van der Waals surface area contributed by atoms with Crippen LogP contribution in [0.15, 0.2) is 36.7 Å². The Hall–Kier alpha value is -1.68. The van der Waals surface area contributed by atoms with Gasteiger partial charge in [0, 0.05) is 51.5 Å². The summed E-state index contributed by atoms with van der Waals surface area (Å²) in [6.45, 7) is 3.29. The molecular formula is C20H29N3O. The summed E-state index contributed by atoms with van der Waals surface area (Å²) in [4.78, 5) is 21.1. The third kappa shape index (κ3) is 4.67. The van der Waals surface area contributed by atoms with Crippen molar-refractivity contribution in [1.29, 1.82) is 0 Å². The molecule has 1 saturated heterocycles. The lowest BCUT2D eigenvalue weighted by molar-refractivity contribution is -0.133. The lowest BCUT2D eigenvalue weighted by Gasteiger charge is -2.37. The molecule has 1 aliphatic heterocycles. The van der Waals surface area contributed by atoms with Gasteiger partial charge in [-0.3, -0.25) is 9.78 Å². The Bertz CT molecular complexity index is 549. The van der Waals surface area contributed by atoms with Crippen molar-refractivity contribution in [3.05, 3.63) is 42.2 Å². The molecule has 0 unspecified atom stereocenters. The summed E-state index contributed by atoms with van der Waals surface area (Å²) in [5, 5.41) is 0. The third-order valence-electron chi connectivity index (χ3n) is 5.51. The van der Waals surface area contributed by atoms with Gasteiger partial charge in [0.25, 0.3) is 0 Å². The standard InChI is InChI=1S/C20H29N3O/c1-22(20(24)16-18-4-2-3-5-18)19-9-14-23(15-10-19)13-8-17-6-11-21-12-7-17/h2,4,6-7,11-12,18-19H,3,5,8-10,13-16H2,1H3/t18-/m1/s1. The summed E-state index contributed by atoms with van der Waals surface area (Å²) >= 11 is 0. The van der Waals surface area contributed by atoms with Gasteiger partial charge in [0.2, 0.25) is 5.91 Å². The number of amides is 1. The monoisotopic (exact) mass is 327 g/mol. The fourth-order valence-corrected chi connectivity index (χ4v) is 3.80. The third-order valence-corrected chi connectivity index (χ3v) is 5.51. The molecule has 24 heavy (non-hydrogen) atoms. The number of carbonyl (C=O) groups excluding carboxylic acids is 1. The van der Waals surface area contributed by atoms with Crippen molar-refractivity contribution in [1.82, 2.24) is 14.8 Å². The maximum Gasteiger partial charge on any atom is 0.223 e. The zero-order valence-electron chi connectivity index (χ0n) is 14.7. The van der Waals surface area contributed by atoms with E-state index in [1.807, 2.05) is 24.3 Å². The van der Waals surface area contributed by atoms with E-state index in [9.17, 15) is 4.79 Å². The van der Waals surface area contributed by atoms with Crippen LogP contribution in [0.1, 0.15) is 37.7 Å². The predicted molar refractivity (Wildman–Crippen MR) is 96.7 cm³/mol. The number of pyridine rings is 1. The van der Waals surface area contributed by atoms with Crippen molar-refractivity contribution >= 4 is 5.91 Å². The smallest absolute Gasteiger partial charge is 0.223 e. The van der Waals surface area contributed by atoms with Crippen molar-refractivity contribution in [2.75, 3.05) is 26.7 Å². The van der Waals surface area contributed by atoms with E-state index in [0.717, 1.165) is 51.7 Å². The van der Waals surface area contributed by atoms with Crippen LogP contribution in [-0.2, 0) is 11.2 Å². The molecule has 1 aromatic heterocycles. The number of carbonyl (C=O) groups is 1. The molecule has 1 aliphatic carbocycles. The summed E-state index contributed by atoms with van der Waals surface area (Å²) in [5.41, 5.74) is 1.35. The fourth-order valence-electron chi connectivity index (χ4n) is 3.80. The minimum absolute atomic E-state index is 0.321. The molecule has 2 aliphatic rings. The Morgan fingerprint density at radius 1 is 1.25 bits per heavy atom. The molecule has 0 saturated carbocycles. The molecule has 130 valence electrons. The molecule has 2 heterocycles. The van der Waals surface area contributed by atoms with Gasteiger partial charge < -0.3 is 9.80 Å². The number of rotatable bonds is 6. The average molecular weight is 327 g/mol. The molecule has 3 rings (SSSR count). The van der Waals surface area contributed by atoms with Gasteiger partial charge in [-0.15, -0.1) is 0 Å². The topological polar surface area (TPSA) is 36.4 Å². The summed E-state index contributed by atoms with van der Waals surface area (Å²) < 4.78 is 0. The number of nitrogens with zero attached hydrogens (tertiary/aromatic N) is 3. The highest BCUT2D eigenvalue weighted by Crippen LogP contribution is 2.23. The normalized spacial score (nSPS) is 22.0. The first-order chi connectivity index (χ1) is 11.7. The van der Waals surface area contributed by atoms with Gasteiger partial charge in [0.1, 0.15) is 0 Å². The number of allylic oxidation sites excluding steroid dienone is 2. The van der Waals surface area contributed by atoms with Crippen LogP contribution < -0.4 is 0 Å². The number of hydrogen-bond acceptors (Lipinski definition) is 3. The Balaban J connectivity index is 1.39. The van der Waals surface area contributed by atoms with Crippen molar-refractivity contribution in [2.45, 2.75) is 44.6 Å². The molecule has 0 spiro atoms. The van der Waals surface area contributed by atoms with Gasteiger partial charge in [-0.25, -0.2) is 0 Å². The van der Waals surface area contributed by atoms with E-state index in [-0.39, 0.29) is 0 Å². The number of likely N-dealkylation sites (tertiary alicyclic amines) is 1. The van der Waals surface area contributed by atoms with Gasteiger partial charge in [0.05, 0.1) is 0 Å². The molecule has 0 aromatic carbocycles. The first-order valence-electron chi connectivity index (χ1n) is 9.26. The highest BCUT2D eigenvalue weighted by atomic mass is 16.2. The maximum absolute atomic E-state index is 12.5. The molecule has 4 nitrogen and oxygen atoms in total. The molecule has 0 bridgehead atoms. The summed E-state index contributed by atoms with van der Waals surface area (Å²) in [7, 11) is 2.00. The highest BCUT2D eigenvalue weighted by Gasteiger charge is 2.26. The quantitative estimate of drug-likeness (QED) is 0.754.